The number of aromatic nitrogens is 4. The molecule has 2 N–H and O–H groups in total. The maximum Gasteiger partial charge on any atom is 0.221 e. The van der Waals surface area contributed by atoms with Crippen LogP contribution >= 0.6 is 0 Å². The van der Waals surface area contributed by atoms with E-state index in [1.165, 1.54) is 61.2 Å². The molecule has 37 heavy (non-hydrogen) atoms. The second kappa shape index (κ2) is 10.5. The molecule has 2 aliphatic heterocycles. The second-order valence-electron chi connectivity index (χ2n) is 10.7. The van der Waals surface area contributed by atoms with Gasteiger partial charge >= 0.3 is 0 Å². The summed E-state index contributed by atoms with van der Waals surface area (Å²) in [6.07, 6.45) is 8.99. The maximum atomic E-state index is 11.2. The number of aryl methyl sites for hydroxylation is 1. The molecule has 0 radical (unpaired) electrons. The Labute approximate surface area is 217 Å². The number of likely N-dealkylation sites (tertiary alicyclic amines) is 2. The molecule has 2 aromatic heterocycles. The minimum Gasteiger partial charge on any atom is -0.361 e. The standard InChI is InChI=1S/C29H35N7O/c1-21(37)33-26-6-4-22(5-7-26)10-12-35-17-24-15-34(16-25(24)18-35)11-2-3-23-14-30-29-9-8-27(13-28(23)29)36-19-31-32-20-36/h4-9,13-14,19-20,24-25,30H,2-3,10-12,15-18H2,1H3,(H,33,37)/t24-,25+. The summed E-state index contributed by atoms with van der Waals surface area (Å²) >= 11 is 0. The molecule has 4 heterocycles. The van der Waals surface area contributed by atoms with Gasteiger partial charge < -0.3 is 20.1 Å². The van der Waals surface area contributed by atoms with Gasteiger partial charge in [-0.3, -0.25) is 9.36 Å². The first-order valence-corrected chi connectivity index (χ1v) is 13.4. The number of rotatable bonds is 9. The molecular formula is C29H35N7O. The molecule has 2 aromatic carbocycles. The van der Waals surface area contributed by atoms with Crippen LogP contribution in [0.1, 0.15) is 24.5 Å². The lowest BCUT2D eigenvalue weighted by Gasteiger charge is -2.21. The summed E-state index contributed by atoms with van der Waals surface area (Å²) < 4.78 is 1.95. The number of hydrogen-bond acceptors (Lipinski definition) is 5. The first-order valence-electron chi connectivity index (χ1n) is 13.4. The van der Waals surface area contributed by atoms with Gasteiger partial charge in [0.15, 0.2) is 0 Å². The second-order valence-corrected chi connectivity index (χ2v) is 10.7. The lowest BCUT2D eigenvalue weighted by Crippen LogP contribution is -2.30. The average Bonchev–Trinajstić information content (AvgIpc) is 3.68. The summed E-state index contributed by atoms with van der Waals surface area (Å²) in [5, 5.41) is 12.0. The van der Waals surface area contributed by atoms with Crippen molar-refractivity contribution in [1.82, 2.24) is 29.5 Å². The zero-order valence-electron chi connectivity index (χ0n) is 21.4. The number of carbonyl (C=O) groups excluding carboxylic acids is 1. The lowest BCUT2D eigenvalue weighted by molar-refractivity contribution is -0.114. The molecule has 8 nitrogen and oxygen atoms in total. The van der Waals surface area contributed by atoms with Crippen LogP contribution in [0.2, 0.25) is 0 Å². The Morgan fingerprint density at radius 1 is 0.946 bits per heavy atom. The van der Waals surface area contributed by atoms with E-state index < -0.39 is 0 Å². The van der Waals surface area contributed by atoms with Crippen LogP contribution in [-0.4, -0.2) is 74.7 Å². The van der Waals surface area contributed by atoms with E-state index in [1.54, 1.807) is 19.6 Å². The van der Waals surface area contributed by atoms with E-state index in [4.69, 9.17) is 0 Å². The highest BCUT2D eigenvalue weighted by molar-refractivity contribution is 5.88. The Morgan fingerprint density at radius 2 is 1.65 bits per heavy atom. The number of carbonyl (C=O) groups is 1. The number of hydrogen-bond donors (Lipinski definition) is 2. The zero-order valence-corrected chi connectivity index (χ0v) is 21.4. The number of aromatic amines is 1. The van der Waals surface area contributed by atoms with Crippen LogP contribution in [0.4, 0.5) is 5.69 Å². The smallest absolute Gasteiger partial charge is 0.221 e. The Kier molecular flexibility index (Phi) is 6.76. The highest BCUT2D eigenvalue weighted by atomic mass is 16.1. The first kappa shape index (κ1) is 23.9. The van der Waals surface area contributed by atoms with Crippen LogP contribution in [0.15, 0.2) is 61.3 Å². The van der Waals surface area contributed by atoms with Gasteiger partial charge in [0.05, 0.1) is 0 Å². The molecule has 192 valence electrons. The van der Waals surface area contributed by atoms with Gasteiger partial charge in [0.25, 0.3) is 0 Å². The van der Waals surface area contributed by atoms with Crippen molar-refractivity contribution >= 4 is 22.5 Å². The SMILES string of the molecule is CC(=O)Nc1ccc(CCN2C[C@H]3CN(CCCc4c[nH]c5ccc(-n6cnnc6)cc45)C[C@H]3C2)cc1. The number of H-pyrrole nitrogens is 1. The zero-order chi connectivity index (χ0) is 25.2. The molecule has 0 spiro atoms. The van der Waals surface area contributed by atoms with Crippen molar-refractivity contribution in [1.29, 1.82) is 0 Å². The number of fused-ring (bicyclic) bond motifs is 2. The number of nitrogens with one attached hydrogen (secondary N) is 2. The molecule has 2 aliphatic rings. The highest BCUT2D eigenvalue weighted by Crippen LogP contribution is 2.31. The van der Waals surface area contributed by atoms with Crippen molar-refractivity contribution < 1.29 is 4.79 Å². The molecule has 0 unspecified atom stereocenters. The number of anilines is 1. The third-order valence-corrected chi connectivity index (χ3v) is 8.02. The van der Waals surface area contributed by atoms with Gasteiger partial charge in [-0.25, -0.2) is 0 Å². The molecular weight excluding hydrogens is 462 g/mol. The predicted molar refractivity (Wildman–Crippen MR) is 146 cm³/mol. The van der Waals surface area contributed by atoms with Gasteiger partial charge in [-0.2, -0.15) is 0 Å². The Balaban J connectivity index is 0.951. The Bertz CT molecular complexity index is 1330. The Morgan fingerprint density at radius 3 is 2.35 bits per heavy atom. The largest absolute Gasteiger partial charge is 0.361 e. The summed E-state index contributed by atoms with van der Waals surface area (Å²) in [6, 6.07) is 14.7. The van der Waals surface area contributed by atoms with E-state index in [9.17, 15) is 4.79 Å². The summed E-state index contributed by atoms with van der Waals surface area (Å²) in [7, 11) is 0. The van der Waals surface area contributed by atoms with Crippen LogP contribution in [0.5, 0.6) is 0 Å². The van der Waals surface area contributed by atoms with E-state index in [0.717, 1.165) is 42.6 Å². The fourth-order valence-corrected chi connectivity index (χ4v) is 6.16. The molecule has 0 bridgehead atoms. The topological polar surface area (TPSA) is 82.1 Å². The third-order valence-electron chi connectivity index (χ3n) is 8.02. The molecule has 2 atom stereocenters. The predicted octanol–water partition coefficient (Wildman–Crippen LogP) is 3.75. The maximum absolute atomic E-state index is 11.2. The summed E-state index contributed by atoms with van der Waals surface area (Å²) in [4.78, 5) is 20.0. The lowest BCUT2D eigenvalue weighted by atomic mass is 10.0. The summed E-state index contributed by atoms with van der Waals surface area (Å²) in [5.41, 5.74) is 5.87. The van der Waals surface area contributed by atoms with Gasteiger partial charge in [-0.15, -0.1) is 10.2 Å². The minimum absolute atomic E-state index is 0.0264. The van der Waals surface area contributed by atoms with E-state index in [0.29, 0.717) is 0 Å². The molecule has 0 saturated carbocycles. The molecule has 0 aliphatic carbocycles. The monoisotopic (exact) mass is 497 g/mol. The van der Waals surface area contributed by atoms with Crippen LogP contribution in [0.25, 0.3) is 16.6 Å². The third kappa shape index (κ3) is 5.45. The van der Waals surface area contributed by atoms with E-state index in [2.05, 4.69) is 66.8 Å². The van der Waals surface area contributed by atoms with Gasteiger partial charge in [-0.1, -0.05) is 12.1 Å². The van der Waals surface area contributed by atoms with Crippen molar-refractivity contribution in [2.75, 3.05) is 44.6 Å². The molecule has 8 heteroatoms. The average molecular weight is 498 g/mol. The number of nitrogens with zero attached hydrogens (tertiary/aromatic N) is 5. The first-order chi connectivity index (χ1) is 18.1. The summed E-state index contributed by atoms with van der Waals surface area (Å²) in [5.74, 6) is 1.59. The van der Waals surface area contributed by atoms with Crippen molar-refractivity contribution in [2.45, 2.75) is 26.2 Å². The van der Waals surface area contributed by atoms with E-state index in [-0.39, 0.29) is 5.91 Å². The van der Waals surface area contributed by atoms with Gasteiger partial charge in [0.2, 0.25) is 5.91 Å². The van der Waals surface area contributed by atoms with Crippen molar-refractivity contribution in [2.24, 2.45) is 11.8 Å². The highest BCUT2D eigenvalue weighted by Gasteiger charge is 2.39. The summed E-state index contributed by atoms with van der Waals surface area (Å²) in [6.45, 7) is 8.74. The van der Waals surface area contributed by atoms with E-state index in [1.807, 2.05) is 16.7 Å². The van der Waals surface area contributed by atoms with Crippen LogP contribution in [-0.2, 0) is 17.6 Å². The normalized spacial score (nSPS) is 20.0. The van der Waals surface area contributed by atoms with Gasteiger partial charge in [-0.05, 0) is 79.1 Å². The van der Waals surface area contributed by atoms with Gasteiger partial charge in [0.1, 0.15) is 12.7 Å². The fourth-order valence-electron chi connectivity index (χ4n) is 6.16. The molecule has 2 saturated heterocycles. The van der Waals surface area contributed by atoms with Crippen LogP contribution < -0.4 is 5.32 Å². The number of amides is 1. The van der Waals surface area contributed by atoms with E-state index >= 15 is 0 Å². The van der Waals surface area contributed by atoms with Crippen molar-refractivity contribution in [3.8, 4) is 5.69 Å². The van der Waals surface area contributed by atoms with Crippen molar-refractivity contribution in [3.63, 3.8) is 0 Å². The Hall–Kier alpha value is -3.49. The van der Waals surface area contributed by atoms with Crippen LogP contribution in [0.3, 0.4) is 0 Å². The quantitative estimate of drug-likeness (QED) is 0.368. The molecule has 4 aromatic rings. The van der Waals surface area contributed by atoms with Crippen LogP contribution in [0, 0.1) is 11.8 Å². The molecule has 1 amide bonds. The molecule has 6 rings (SSSR count). The fraction of sp³-hybridized carbons (Fsp3) is 0.414. The molecule has 2 fully saturated rings. The number of benzene rings is 2. The minimum atomic E-state index is -0.0264. The van der Waals surface area contributed by atoms with Crippen molar-refractivity contribution in [3.05, 3.63) is 72.4 Å². The van der Waals surface area contributed by atoms with Gasteiger partial charge in [0, 0.05) is 68.1 Å².